The molecule has 0 aliphatic carbocycles. The Balaban J connectivity index is 2.33. The number of carbonyl (C=O) groups is 1. The standard InChI is InChI=1S/C15H20N4O2/c1-3-9-17-14-12(15(20)21-2)13(16)19(18-14)10-11-7-5-4-6-8-11/h4-8H,3,9-10,16H2,1-2H3,(H,17,18). The first-order valence-electron chi connectivity index (χ1n) is 6.89. The third kappa shape index (κ3) is 3.34. The zero-order valence-electron chi connectivity index (χ0n) is 12.3. The number of methoxy groups -OCH3 is 1. The summed E-state index contributed by atoms with van der Waals surface area (Å²) in [5, 5.41) is 7.50. The highest BCUT2D eigenvalue weighted by molar-refractivity contribution is 5.99. The van der Waals surface area contributed by atoms with E-state index in [1.807, 2.05) is 37.3 Å². The number of hydrogen-bond acceptors (Lipinski definition) is 5. The van der Waals surface area contributed by atoms with Crippen molar-refractivity contribution in [1.82, 2.24) is 9.78 Å². The van der Waals surface area contributed by atoms with Gasteiger partial charge >= 0.3 is 5.97 Å². The first-order chi connectivity index (χ1) is 10.2. The Kier molecular flexibility index (Phi) is 4.81. The van der Waals surface area contributed by atoms with Crippen LogP contribution < -0.4 is 11.1 Å². The molecule has 6 heteroatoms. The van der Waals surface area contributed by atoms with Gasteiger partial charge in [-0.25, -0.2) is 9.48 Å². The van der Waals surface area contributed by atoms with Crippen molar-refractivity contribution >= 4 is 17.6 Å². The van der Waals surface area contributed by atoms with Crippen LogP contribution in [0.3, 0.4) is 0 Å². The summed E-state index contributed by atoms with van der Waals surface area (Å²) in [6.07, 6.45) is 0.923. The monoisotopic (exact) mass is 288 g/mol. The molecule has 0 unspecified atom stereocenters. The minimum absolute atomic E-state index is 0.293. The molecule has 0 atom stereocenters. The number of aromatic nitrogens is 2. The molecule has 2 rings (SSSR count). The number of hydrogen-bond donors (Lipinski definition) is 2. The summed E-state index contributed by atoms with van der Waals surface area (Å²) in [5.41, 5.74) is 7.41. The lowest BCUT2D eigenvalue weighted by Gasteiger charge is -2.04. The number of anilines is 2. The zero-order chi connectivity index (χ0) is 15.2. The number of carbonyl (C=O) groups excluding carboxylic acids is 1. The van der Waals surface area contributed by atoms with Gasteiger partial charge in [0.1, 0.15) is 11.4 Å². The molecule has 0 aliphatic rings. The van der Waals surface area contributed by atoms with Crippen LogP contribution in [0.2, 0.25) is 0 Å². The van der Waals surface area contributed by atoms with Gasteiger partial charge in [-0.2, -0.15) is 5.10 Å². The first-order valence-corrected chi connectivity index (χ1v) is 6.89. The fourth-order valence-electron chi connectivity index (χ4n) is 2.02. The van der Waals surface area contributed by atoms with Crippen LogP contribution in [-0.4, -0.2) is 29.4 Å². The molecule has 21 heavy (non-hydrogen) atoms. The van der Waals surface area contributed by atoms with Gasteiger partial charge in [-0.3, -0.25) is 0 Å². The molecule has 0 radical (unpaired) electrons. The fourth-order valence-corrected chi connectivity index (χ4v) is 2.02. The van der Waals surface area contributed by atoms with E-state index < -0.39 is 5.97 Å². The van der Waals surface area contributed by atoms with E-state index in [9.17, 15) is 4.79 Å². The number of esters is 1. The second-order valence-electron chi connectivity index (χ2n) is 4.67. The van der Waals surface area contributed by atoms with E-state index in [2.05, 4.69) is 10.4 Å². The predicted octanol–water partition coefficient (Wildman–Crippen LogP) is 2.12. The third-order valence-corrected chi connectivity index (χ3v) is 3.10. The van der Waals surface area contributed by atoms with Crippen molar-refractivity contribution in [3.8, 4) is 0 Å². The van der Waals surface area contributed by atoms with Crippen molar-refractivity contribution in [2.75, 3.05) is 24.7 Å². The molecule has 0 fully saturated rings. The van der Waals surface area contributed by atoms with Crippen molar-refractivity contribution in [2.45, 2.75) is 19.9 Å². The molecule has 0 amide bonds. The van der Waals surface area contributed by atoms with Crippen molar-refractivity contribution in [1.29, 1.82) is 0 Å². The molecular weight excluding hydrogens is 268 g/mol. The maximum Gasteiger partial charge on any atom is 0.345 e. The summed E-state index contributed by atoms with van der Waals surface area (Å²) < 4.78 is 6.40. The number of rotatable bonds is 6. The number of nitrogens with one attached hydrogen (secondary N) is 1. The molecule has 6 nitrogen and oxygen atoms in total. The van der Waals surface area contributed by atoms with Crippen LogP contribution in [0.25, 0.3) is 0 Å². The number of nitrogen functional groups attached to an aromatic ring is 1. The number of ether oxygens (including phenoxy) is 1. The molecule has 3 N–H and O–H groups in total. The number of nitrogens with zero attached hydrogens (tertiary/aromatic N) is 2. The van der Waals surface area contributed by atoms with Gasteiger partial charge in [-0.15, -0.1) is 0 Å². The molecule has 1 aromatic carbocycles. The Morgan fingerprint density at radius 1 is 1.38 bits per heavy atom. The van der Waals surface area contributed by atoms with Gasteiger partial charge in [0.25, 0.3) is 0 Å². The molecule has 112 valence electrons. The first kappa shape index (κ1) is 14.9. The highest BCUT2D eigenvalue weighted by atomic mass is 16.5. The Morgan fingerprint density at radius 3 is 2.71 bits per heavy atom. The summed E-state index contributed by atoms with van der Waals surface area (Å²) >= 11 is 0. The quantitative estimate of drug-likeness (QED) is 0.796. The third-order valence-electron chi connectivity index (χ3n) is 3.10. The Morgan fingerprint density at radius 2 is 2.10 bits per heavy atom. The molecule has 0 saturated carbocycles. The van der Waals surface area contributed by atoms with Gasteiger partial charge in [0.2, 0.25) is 0 Å². The van der Waals surface area contributed by atoms with Gasteiger partial charge in [-0.05, 0) is 12.0 Å². The molecule has 0 saturated heterocycles. The smallest absolute Gasteiger partial charge is 0.345 e. The van der Waals surface area contributed by atoms with Gasteiger partial charge in [0.05, 0.1) is 13.7 Å². The summed E-state index contributed by atoms with van der Waals surface area (Å²) in [4.78, 5) is 11.9. The van der Waals surface area contributed by atoms with Gasteiger partial charge in [-0.1, -0.05) is 37.3 Å². The second-order valence-corrected chi connectivity index (χ2v) is 4.67. The molecule has 1 aromatic heterocycles. The van der Waals surface area contributed by atoms with Crippen LogP contribution in [0, 0.1) is 0 Å². The number of nitrogens with two attached hydrogens (primary N) is 1. The Bertz CT molecular complexity index is 608. The van der Waals surface area contributed by atoms with Gasteiger partial charge in [0.15, 0.2) is 5.82 Å². The summed E-state index contributed by atoms with van der Waals surface area (Å²) in [6.45, 7) is 3.26. The molecule has 0 spiro atoms. The number of benzene rings is 1. The molecule has 2 aromatic rings. The molecule has 1 heterocycles. The van der Waals surface area contributed by atoms with Crippen molar-refractivity contribution in [2.24, 2.45) is 0 Å². The highest BCUT2D eigenvalue weighted by Gasteiger charge is 2.22. The van der Waals surface area contributed by atoms with E-state index in [4.69, 9.17) is 10.5 Å². The summed E-state index contributed by atoms with van der Waals surface area (Å²) in [5.74, 6) is 0.298. The van der Waals surface area contributed by atoms with E-state index >= 15 is 0 Å². The Labute approximate surface area is 123 Å². The minimum atomic E-state index is -0.481. The van der Waals surface area contributed by atoms with Gasteiger partial charge in [0, 0.05) is 6.54 Å². The normalized spacial score (nSPS) is 10.4. The fraction of sp³-hybridized carbons (Fsp3) is 0.333. The van der Waals surface area contributed by atoms with E-state index in [1.165, 1.54) is 7.11 Å². The lowest BCUT2D eigenvalue weighted by atomic mass is 10.2. The lowest BCUT2D eigenvalue weighted by Crippen LogP contribution is -2.10. The van der Waals surface area contributed by atoms with Crippen molar-refractivity contribution in [3.63, 3.8) is 0 Å². The summed E-state index contributed by atoms with van der Waals surface area (Å²) in [7, 11) is 1.33. The molecule has 0 aliphatic heterocycles. The maximum absolute atomic E-state index is 11.9. The SMILES string of the molecule is CCCNc1nn(Cc2ccccc2)c(N)c1C(=O)OC. The average Bonchev–Trinajstić information content (AvgIpc) is 2.81. The van der Waals surface area contributed by atoms with E-state index in [-0.39, 0.29) is 0 Å². The van der Waals surface area contributed by atoms with Crippen LogP contribution in [0.4, 0.5) is 11.6 Å². The van der Waals surface area contributed by atoms with E-state index in [0.29, 0.717) is 30.3 Å². The highest BCUT2D eigenvalue weighted by Crippen LogP contribution is 2.23. The van der Waals surface area contributed by atoms with E-state index in [0.717, 1.165) is 12.0 Å². The van der Waals surface area contributed by atoms with Gasteiger partial charge < -0.3 is 15.8 Å². The zero-order valence-corrected chi connectivity index (χ0v) is 12.3. The molecular formula is C15H20N4O2. The second kappa shape index (κ2) is 6.78. The lowest BCUT2D eigenvalue weighted by molar-refractivity contribution is 0.0603. The van der Waals surface area contributed by atoms with Crippen molar-refractivity contribution in [3.05, 3.63) is 41.5 Å². The predicted molar refractivity (Wildman–Crippen MR) is 82.3 cm³/mol. The van der Waals surface area contributed by atoms with Crippen LogP contribution in [0.5, 0.6) is 0 Å². The average molecular weight is 288 g/mol. The van der Waals surface area contributed by atoms with Crippen LogP contribution in [-0.2, 0) is 11.3 Å². The molecule has 0 bridgehead atoms. The minimum Gasteiger partial charge on any atom is -0.465 e. The largest absolute Gasteiger partial charge is 0.465 e. The summed E-state index contributed by atoms with van der Waals surface area (Å²) in [6, 6.07) is 9.82. The topological polar surface area (TPSA) is 82.2 Å². The Hall–Kier alpha value is -2.50. The van der Waals surface area contributed by atoms with E-state index in [1.54, 1.807) is 4.68 Å². The van der Waals surface area contributed by atoms with Crippen LogP contribution >= 0.6 is 0 Å². The van der Waals surface area contributed by atoms with Crippen molar-refractivity contribution < 1.29 is 9.53 Å². The maximum atomic E-state index is 11.9. The van der Waals surface area contributed by atoms with Crippen LogP contribution in [0.15, 0.2) is 30.3 Å². The van der Waals surface area contributed by atoms with Crippen LogP contribution in [0.1, 0.15) is 29.3 Å².